The van der Waals surface area contributed by atoms with E-state index in [-0.39, 0.29) is 6.42 Å². The molecule has 0 aliphatic heterocycles. The summed E-state index contributed by atoms with van der Waals surface area (Å²) in [4.78, 5) is 14.8. The fraction of sp³-hybridized carbons (Fsp3) is 0.250. The summed E-state index contributed by atoms with van der Waals surface area (Å²) in [5.41, 5.74) is 0.899. The van der Waals surface area contributed by atoms with Crippen LogP contribution in [0, 0.1) is 0 Å². The second-order valence-corrected chi connectivity index (χ2v) is 4.31. The Morgan fingerprint density at radius 2 is 2.06 bits per heavy atom. The van der Waals surface area contributed by atoms with Crippen molar-refractivity contribution in [3.63, 3.8) is 0 Å². The average Bonchev–Trinajstić information content (AvgIpc) is 2.69. The van der Waals surface area contributed by atoms with E-state index in [1.165, 1.54) is 0 Å². The SMILES string of the molecule is Cn1nc(CCC(=O)O)nc1-c1ccc(Cl)cc1. The Labute approximate surface area is 109 Å². The second kappa shape index (κ2) is 5.18. The maximum Gasteiger partial charge on any atom is 0.303 e. The van der Waals surface area contributed by atoms with E-state index < -0.39 is 5.97 Å². The molecule has 94 valence electrons. The molecule has 0 unspecified atom stereocenters. The maximum absolute atomic E-state index is 10.5. The van der Waals surface area contributed by atoms with Crippen molar-refractivity contribution in [1.82, 2.24) is 14.8 Å². The van der Waals surface area contributed by atoms with Gasteiger partial charge in [-0.1, -0.05) is 11.6 Å². The number of benzene rings is 1. The molecule has 0 aliphatic rings. The van der Waals surface area contributed by atoms with Crippen molar-refractivity contribution in [3.8, 4) is 11.4 Å². The molecule has 1 aromatic carbocycles. The summed E-state index contributed by atoms with van der Waals surface area (Å²) >= 11 is 5.82. The van der Waals surface area contributed by atoms with Gasteiger partial charge in [-0.3, -0.25) is 4.79 Å². The molecule has 0 spiro atoms. The van der Waals surface area contributed by atoms with Crippen LogP contribution >= 0.6 is 11.6 Å². The van der Waals surface area contributed by atoms with Gasteiger partial charge in [-0.2, -0.15) is 5.10 Å². The normalized spacial score (nSPS) is 10.6. The van der Waals surface area contributed by atoms with Crippen LogP contribution < -0.4 is 0 Å². The molecule has 18 heavy (non-hydrogen) atoms. The van der Waals surface area contributed by atoms with E-state index in [0.717, 1.165) is 5.56 Å². The first-order chi connectivity index (χ1) is 8.56. The first-order valence-electron chi connectivity index (χ1n) is 5.44. The molecule has 0 bridgehead atoms. The summed E-state index contributed by atoms with van der Waals surface area (Å²) in [7, 11) is 1.78. The van der Waals surface area contributed by atoms with Crippen LogP contribution in [0.1, 0.15) is 12.2 Å². The lowest BCUT2D eigenvalue weighted by Crippen LogP contribution is -1.99. The number of aryl methyl sites for hydroxylation is 2. The molecule has 0 aliphatic carbocycles. The van der Waals surface area contributed by atoms with Crippen LogP contribution in [0.4, 0.5) is 0 Å². The van der Waals surface area contributed by atoms with Crippen molar-refractivity contribution in [2.24, 2.45) is 7.05 Å². The smallest absolute Gasteiger partial charge is 0.303 e. The van der Waals surface area contributed by atoms with Crippen LogP contribution in [-0.2, 0) is 18.3 Å². The Hall–Kier alpha value is -1.88. The predicted octanol–water partition coefficient (Wildman–Crippen LogP) is 2.15. The lowest BCUT2D eigenvalue weighted by molar-refractivity contribution is -0.137. The average molecular weight is 266 g/mol. The van der Waals surface area contributed by atoms with Gasteiger partial charge < -0.3 is 5.11 Å². The topological polar surface area (TPSA) is 68.0 Å². The fourth-order valence-electron chi connectivity index (χ4n) is 1.61. The molecule has 0 radical (unpaired) electrons. The number of hydrogen-bond acceptors (Lipinski definition) is 3. The molecule has 1 aromatic heterocycles. The minimum atomic E-state index is -0.851. The van der Waals surface area contributed by atoms with Crippen molar-refractivity contribution in [3.05, 3.63) is 35.1 Å². The molecule has 0 fully saturated rings. The van der Waals surface area contributed by atoms with E-state index in [4.69, 9.17) is 16.7 Å². The molecular formula is C12H12ClN3O2. The van der Waals surface area contributed by atoms with Gasteiger partial charge in [-0.25, -0.2) is 9.67 Å². The van der Waals surface area contributed by atoms with E-state index >= 15 is 0 Å². The zero-order valence-corrected chi connectivity index (χ0v) is 10.6. The third-order valence-corrected chi connectivity index (χ3v) is 2.72. The number of aromatic nitrogens is 3. The summed E-state index contributed by atoms with van der Waals surface area (Å²) < 4.78 is 1.64. The lowest BCUT2D eigenvalue weighted by Gasteiger charge is -1.99. The van der Waals surface area contributed by atoms with Gasteiger partial charge in [0.25, 0.3) is 0 Å². The third-order valence-electron chi connectivity index (χ3n) is 2.47. The minimum absolute atomic E-state index is 0.0318. The molecular weight excluding hydrogens is 254 g/mol. The molecule has 1 heterocycles. The van der Waals surface area contributed by atoms with E-state index in [1.54, 1.807) is 23.9 Å². The number of nitrogens with zero attached hydrogens (tertiary/aromatic N) is 3. The molecule has 0 amide bonds. The third kappa shape index (κ3) is 2.87. The zero-order valence-electron chi connectivity index (χ0n) is 9.80. The Kier molecular flexibility index (Phi) is 3.62. The summed E-state index contributed by atoms with van der Waals surface area (Å²) in [6.07, 6.45) is 0.362. The van der Waals surface area contributed by atoms with Crippen molar-refractivity contribution in [1.29, 1.82) is 0 Å². The molecule has 0 saturated heterocycles. The van der Waals surface area contributed by atoms with Crippen LogP contribution in [0.3, 0.4) is 0 Å². The monoisotopic (exact) mass is 265 g/mol. The van der Waals surface area contributed by atoms with Gasteiger partial charge in [0.05, 0.1) is 6.42 Å². The largest absolute Gasteiger partial charge is 0.481 e. The van der Waals surface area contributed by atoms with E-state index in [2.05, 4.69) is 10.1 Å². The van der Waals surface area contributed by atoms with Gasteiger partial charge in [-0.05, 0) is 24.3 Å². The predicted molar refractivity (Wildman–Crippen MR) is 67.4 cm³/mol. The number of carbonyl (C=O) groups is 1. The van der Waals surface area contributed by atoms with Crippen LogP contribution in [0.25, 0.3) is 11.4 Å². The Morgan fingerprint density at radius 3 is 2.67 bits per heavy atom. The molecule has 0 saturated carbocycles. The van der Waals surface area contributed by atoms with E-state index in [1.807, 2.05) is 12.1 Å². The highest BCUT2D eigenvalue weighted by atomic mass is 35.5. The highest BCUT2D eigenvalue weighted by molar-refractivity contribution is 6.30. The van der Waals surface area contributed by atoms with Gasteiger partial charge >= 0.3 is 5.97 Å². The van der Waals surface area contributed by atoms with Gasteiger partial charge in [0.2, 0.25) is 0 Å². The summed E-state index contributed by atoms with van der Waals surface area (Å²) in [5.74, 6) is 0.382. The van der Waals surface area contributed by atoms with Gasteiger partial charge in [-0.15, -0.1) is 0 Å². The van der Waals surface area contributed by atoms with Crippen LogP contribution in [0.2, 0.25) is 5.02 Å². The molecule has 2 aromatic rings. The van der Waals surface area contributed by atoms with Gasteiger partial charge in [0, 0.05) is 24.1 Å². The van der Waals surface area contributed by atoms with Crippen molar-refractivity contribution in [2.75, 3.05) is 0 Å². The summed E-state index contributed by atoms with van der Waals surface area (Å²) in [5, 5.41) is 13.5. The van der Waals surface area contributed by atoms with Crippen LogP contribution in [-0.4, -0.2) is 25.8 Å². The van der Waals surface area contributed by atoms with Crippen molar-refractivity contribution in [2.45, 2.75) is 12.8 Å². The molecule has 5 nitrogen and oxygen atoms in total. The minimum Gasteiger partial charge on any atom is -0.481 e. The lowest BCUT2D eigenvalue weighted by atomic mass is 10.2. The molecule has 1 N–H and O–H groups in total. The zero-order chi connectivity index (χ0) is 13.1. The standard InChI is InChI=1S/C12H12ClN3O2/c1-16-12(8-2-4-9(13)5-3-8)14-10(15-16)6-7-11(17)18/h2-5H,6-7H2,1H3,(H,17,18). The van der Waals surface area contributed by atoms with Crippen molar-refractivity contribution >= 4 is 17.6 Å². The second-order valence-electron chi connectivity index (χ2n) is 3.88. The highest BCUT2D eigenvalue weighted by Crippen LogP contribution is 2.19. The number of carboxylic acids is 1. The summed E-state index contributed by atoms with van der Waals surface area (Å²) in [6, 6.07) is 7.27. The Balaban J connectivity index is 2.23. The van der Waals surface area contributed by atoms with Gasteiger partial charge in [0.1, 0.15) is 0 Å². The molecule has 0 atom stereocenters. The van der Waals surface area contributed by atoms with Crippen LogP contribution in [0.15, 0.2) is 24.3 Å². The van der Waals surface area contributed by atoms with E-state index in [9.17, 15) is 4.79 Å². The van der Waals surface area contributed by atoms with Gasteiger partial charge in [0.15, 0.2) is 11.6 Å². The first kappa shape index (κ1) is 12.6. The Bertz CT molecular complexity index is 563. The quantitative estimate of drug-likeness (QED) is 0.920. The number of rotatable bonds is 4. The Morgan fingerprint density at radius 1 is 1.39 bits per heavy atom. The summed E-state index contributed by atoms with van der Waals surface area (Å²) in [6.45, 7) is 0. The number of aliphatic carboxylic acids is 1. The van der Waals surface area contributed by atoms with E-state index in [0.29, 0.717) is 23.1 Å². The number of hydrogen-bond donors (Lipinski definition) is 1. The first-order valence-corrected chi connectivity index (χ1v) is 5.81. The number of carboxylic acid groups (broad SMARTS) is 1. The maximum atomic E-state index is 10.5. The highest BCUT2D eigenvalue weighted by Gasteiger charge is 2.10. The van der Waals surface area contributed by atoms with Crippen LogP contribution in [0.5, 0.6) is 0 Å². The molecule has 6 heteroatoms. The van der Waals surface area contributed by atoms with Crippen molar-refractivity contribution < 1.29 is 9.90 Å². The molecule has 2 rings (SSSR count). The number of halogens is 1. The fourth-order valence-corrected chi connectivity index (χ4v) is 1.74.